The molecule has 1 N–H and O–H groups in total. The lowest BCUT2D eigenvalue weighted by molar-refractivity contribution is -0.137. The van der Waals surface area contributed by atoms with Crippen molar-refractivity contribution in [1.29, 1.82) is 0 Å². The largest absolute Gasteiger partial charge is 0.416 e. The highest BCUT2D eigenvalue weighted by atomic mass is 19.4. The SMILES string of the molecule is CN(C)c1nc(NCc2ccc(C(F)(F)F)cc2)c2ncn(C3CCCCO3)c2n1. The molecule has 0 aliphatic carbocycles. The van der Waals surface area contributed by atoms with Crippen molar-refractivity contribution in [3.8, 4) is 0 Å². The van der Waals surface area contributed by atoms with E-state index in [1.54, 1.807) is 11.2 Å². The summed E-state index contributed by atoms with van der Waals surface area (Å²) in [6, 6.07) is 5.06. The summed E-state index contributed by atoms with van der Waals surface area (Å²) in [6.45, 7) is 1.01. The van der Waals surface area contributed by atoms with Crippen LogP contribution < -0.4 is 10.2 Å². The standard InChI is InChI=1S/C20H23F3N6O/c1-28(2)19-26-17(24-11-13-6-8-14(9-7-13)20(21,22)23)16-18(27-19)29(12-25-16)15-5-3-4-10-30-15/h6-9,12,15H,3-5,10-11H2,1-2H3,(H,24,26,27). The molecule has 4 rings (SSSR count). The monoisotopic (exact) mass is 420 g/mol. The predicted octanol–water partition coefficient (Wildman–Crippen LogP) is 4.22. The van der Waals surface area contributed by atoms with E-state index in [0.29, 0.717) is 41.6 Å². The van der Waals surface area contributed by atoms with Crippen molar-refractivity contribution in [2.45, 2.75) is 38.2 Å². The summed E-state index contributed by atoms with van der Waals surface area (Å²) < 4.78 is 46.1. The minimum absolute atomic E-state index is 0.114. The van der Waals surface area contributed by atoms with Crippen molar-refractivity contribution in [2.75, 3.05) is 30.9 Å². The normalized spacial score (nSPS) is 17.3. The van der Waals surface area contributed by atoms with Gasteiger partial charge in [-0.15, -0.1) is 0 Å². The topological polar surface area (TPSA) is 68.1 Å². The van der Waals surface area contributed by atoms with E-state index in [4.69, 9.17) is 4.74 Å². The number of imidazole rings is 1. The lowest BCUT2D eigenvalue weighted by Gasteiger charge is -2.24. The van der Waals surface area contributed by atoms with Gasteiger partial charge in [-0.2, -0.15) is 23.1 Å². The molecule has 1 fully saturated rings. The van der Waals surface area contributed by atoms with E-state index in [-0.39, 0.29) is 6.23 Å². The first-order chi connectivity index (χ1) is 14.3. The van der Waals surface area contributed by atoms with Gasteiger partial charge in [0.1, 0.15) is 6.23 Å². The molecule has 1 unspecified atom stereocenters. The molecule has 0 amide bonds. The van der Waals surface area contributed by atoms with Gasteiger partial charge in [0.2, 0.25) is 5.95 Å². The third-order valence-electron chi connectivity index (χ3n) is 5.02. The Kier molecular flexibility index (Phi) is 5.50. The van der Waals surface area contributed by atoms with Gasteiger partial charge in [-0.05, 0) is 37.0 Å². The molecule has 1 aliphatic heterocycles. The molecule has 1 atom stereocenters. The van der Waals surface area contributed by atoms with Crippen molar-refractivity contribution in [3.05, 3.63) is 41.7 Å². The van der Waals surface area contributed by atoms with Crippen LogP contribution in [0.15, 0.2) is 30.6 Å². The number of alkyl halides is 3. The second-order valence-corrected chi connectivity index (χ2v) is 7.46. The minimum Gasteiger partial charge on any atom is -0.364 e. The highest BCUT2D eigenvalue weighted by molar-refractivity contribution is 5.84. The molecule has 0 bridgehead atoms. The van der Waals surface area contributed by atoms with Crippen molar-refractivity contribution >= 4 is 22.9 Å². The van der Waals surface area contributed by atoms with E-state index in [1.807, 2.05) is 18.7 Å². The Morgan fingerprint density at radius 1 is 1.17 bits per heavy atom. The molecule has 1 aliphatic rings. The van der Waals surface area contributed by atoms with Gasteiger partial charge in [-0.25, -0.2) is 4.98 Å². The van der Waals surface area contributed by atoms with Crippen molar-refractivity contribution in [1.82, 2.24) is 19.5 Å². The van der Waals surface area contributed by atoms with Gasteiger partial charge in [0, 0.05) is 27.2 Å². The summed E-state index contributed by atoms with van der Waals surface area (Å²) in [4.78, 5) is 15.4. The van der Waals surface area contributed by atoms with Crippen LogP contribution in [0.25, 0.3) is 11.2 Å². The van der Waals surface area contributed by atoms with E-state index in [2.05, 4.69) is 20.3 Å². The number of benzene rings is 1. The Hall–Kier alpha value is -2.88. The Morgan fingerprint density at radius 3 is 2.57 bits per heavy atom. The Balaban J connectivity index is 1.62. The lowest BCUT2D eigenvalue weighted by Crippen LogP contribution is -2.19. The quantitative estimate of drug-likeness (QED) is 0.667. The molecule has 1 saturated heterocycles. The van der Waals surface area contributed by atoms with Gasteiger partial charge < -0.3 is 15.0 Å². The molecule has 160 valence electrons. The molecule has 3 heterocycles. The van der Waals surface area contributed by atoms with Crippen LogP contribution in [0.2, 0.25) is 0 Å². The molecular formula is C20H23F3N6O. The van der Waals surface area contributed by atoms with Gasteiger partial charge in [-0.3, -0.25) is 4.57 Å². The smallest absolute Gasteiger partial charge is 0.364 e. The van der Waals surface area contributed by atoms with Crippen LogP contribution in [0.1, 0.15) is 36.6 Å². The molecule has 3 aromatic rings. The summed E-state index contributed by atoms with van der Waals surface area (Å²) in [5.41, 5.74) is 1.30. The van der Waals surface area contributed by atoms with Crippen LogP contribution in [0.4, 0.5) is 24.9 Å². The van der Waals surface area contributed by atoms with Crippen LogP contribution >= 0.6 is 0 Å². The second-order valence-electron chi connectivity index (χ2n) is 7.46. The number of anilines is 2. The summed E-state index contributed by atoms with van der Waals surface area (Å²) >= 11 is 0. The van der Waals surface area contributed by atoms with Crippen LogP contribution in [0, 0.1) is 0 Å². The fourth-order valence-corrected chi connectivity index (χ4v) is 3.38. The van der Waals surface area contributed by atoms with Gasteiger partial charge in [-0.1, -0.05) is 12.1 Å². The van der Waals surface area contributed by atoms with E-state index in [1.165, 1.54) is 12.1 Å². The summed E-state index contributed by atoms with van der Waals surface area (Å²) in [5, 5.41) is 3.20. The highest BCUT2D eigenvalue weighted by Gasteiger charge is 2.30. The van der Waals surface area contributed by atoms with Crippen molar-refractivity contribution < 1.29 is 17.9 Å². The van der Waals surface area contributed by atoms with E-state index >= 15 is 0 Å². The lowest BCUT2D eigenvalue weighted by atomic mass is 10.1. The average Bonchev–Trinajstić information content (AvgIpc) is 3.16. The van der Waals surface area contributed by atoms with Gasteiger partial charge in [0.15, 0.2) is 17.0 Å². The zero-order valence-electron chi connectivity index (χ0n) is 16.8. The van der Waals surface area contributed by atoms with Crippen LogP contribution in [-0.4, -0.2) is 40.2 Å². The predicted molar refractivity (Wildman–Crippen MR) is 107 cm³/mol. The number of hydrogen-bond acceptors (Lipinski definition) is 6. The molecule has 2 aromatic heterocycles. The fourth-order valence-electron chi connectivity index (χ4n) is 3.38. The van der Waals surface area contributed by atoms with Crippen molar-refractivity contribution in [3.63, 3.8) is 0 Å². The summed E-state index contributed by atoms with van der Waals surface area (Å²) in [5.74, 6) is 1.04. The molecular weight excluding hydrogens is 397 g/mol. The number of halogens is 3. The van der Waals surface area contributed by atoms with Gasteiger partial charge >= 0.3 is 6.18 Å². The second kappa shape index (κ2) is 8.10. The summed E-state index contributed by atoms with van der Waals surface area (Å²) in [7, 11) is 3.69. The number of nitrogens with one attached hydrogen (secondary N) is 1. The van der Waals surface area contributed by atoms with E-state index < -0.39 is 11.7 Å². The fraction of sp³-hybridized carbons (Fsp3) is 0.450. The zero-order valence-corrected chi connectivity index (χ0v) is 16.8. The maximum atomic E-state index is 12.8. The van der Waals surface area contributed by atoms with Crippen LogP contribution in [0.5, 0.6) is 0 Å². The van der Waals surface area contributed by atoms with Gasteiger partial charge in [0.05, 0.1) is 11.9 Å². The Bertz CT molecular complexity index is 1010. The molecule has 7 nitrogen and oxygen atoms in total. The number of rotatable bonds is 5. The number of nitrogens with zero attached hydrogens (tertiary/aromatic N) is 5. The number of fused-ring (bicyclic) bond motifs is 1. The first-order valence-corrected chi connectivity index (χ1v) is 9.76. The Labute approximate surface area is 171 Å². The average molecular weight is 420 g/mol. The number of ether oxygens (including phenoxy) is 1. The molecule has 0 radical (unpaired) electrons. The molecule has 1 aromatic carbocycles. The molecule has 10 heteroatoms. The molecule has 30 heavy (non-hydrogen) atoms. The highest BCUT2D eigenvalue weighted by Crippen LogP contribution is 2.30. The van der Waals surface area contributed by atoms with Crippen molar-refractivity contribution in [2.24, 2.45) is 0 Å². The van der Waals surface area contributed by atoms with Crippen LogP contribution in [0.3, 0.4) is 0 Å². The van der Waals surface area contributed by atoms with Crippen LogP contribution in [-0.2, 0) is 17.5 Å². The summed E-state index contributed by atoms with van der Waals surface area (Å²) in [6.07, 6.45) is 0.255. The van der Waals surface area contributed by atoms with Gasteiger partial charge in [0.25, 0.3) is 0 Å². The third kappa shape index (κ3) is 4.18. The molecule has 0 saturated carbocycles. The minimum atomic E-state index is -4.35. The third-order valence-corrected chi connectivity index (χ3v) is 5.02. The van der Waals surface area contributed by atoms with E-state index in [9.17, 15) is 13.2 Å². The number of aromatic nitrogens is 4. The Morgan fingerprint density at radius 2 is 1.93 bits per heavy atom. The maximum Gasteiger partial charge on any atom is 0.416 e. The molecule has 0 spiro atoms. The van der Waals surface area contributed by atoms with E-state index in [0.717, 1.165) is 31.4 Å². The zero-order chi connectivity index (χ0) is 21.3. The maximum absolute atomic E-state index is 12.8. The first-order valence-electron chi connectivity index (χ1n) is 9.76. The first kappa shape index (κ1) is 20.4. The number of hydrogen-bond donors (Lipinski definition) is 1.